The van der Waals surface area contributed by atoms with Crippen molar-refractivity contribution in [1.29, 1.82) is 0 Å². The van der Waals surface area contributed by atoms with Crippen molar-refractivity contribution in [3.8, 4) is 0 Å². The van der Waals surface area contributed by atoms with Gasteiger partial charge in [0.25, 0.3) is 0 Å². The molecule has 212 valence electrons. The molecule has 0 aliphatic rings. The molecule has 8 heteroatoms. The van der Waals surface area contributed by atoms with Crippen LogP contribution in [0.1, 0.15) is 168 Å². The van der Waals surface area contributed by atoms with Gasteiger partial charge in [-0.2, -0.15) is 0 Å². The van der Waals surface area contributed by atoms with Crippen LogP contribution in [0.4, 0.5) is 0 Å². The zero-order valence-electron chi connectivity index (χ0n) is 23.0. The molecule has 4 N–H and O–H groups in total. The summed E-state index contributed by atoms with van der Waals surface area (Å²) < 4.78 is 24.7. The van der Waals surface area contributed by atoms with Crippen LogP contribution in [0.25, 0.3) is 0 Å². The smallest absolute Gasteiger partial charge is 0.324 e. The molecule has 0 aromatic rings. The van der Waals surface area contributed by atoms with Gasteiger partial charge in [-0.3, -0.25) is 9.13 Å². The van der Waals surface area contributed by atoms with Gasteiger partial charge in [-0.15, -0.1) is 0 Å². The van der Waals surface area contributed by atoms with Gasteiger partial charge in [0.05, 0.1) is 0 Å². The van der Waals surface area contributed by atoms with Crippen LogP contribution in [0.3, 0.4) is 0 Å². The predicted molar refractivity (Wildman–Crippen MR) is 149 cm³/mol. The second kappa shape index (κ2) is 21.3. The van der Waals surface area contributed by atoms with Gasteiger partial charge in [-0.25, -0.2) is 0 Å². The molecule has 0 aromatic carbocycles. The third kappa shape index (κ3) is 16.7. The van der Waals surface area contributed by atoms with E-state index in [0.29, 0.717) is 12.8 Å². The highest BCUT2D eigenvalue weighted by Gasteiger charge is 2.58. The zero-order chi connectivity index (χ0) is 26.5. The van der Waals surface area contributed by atoms with Gasteiger partial charge in [-0.1, -0.05) is 155 Å². The van der Waals surface area contributed by atoms with E-state index in [4.69, 9.17) is 0 Å². The summed E-state index contributed by atoms with van der Waals surface area (Å²) in [6.07, 6.45) is 23.9. The van der Waals surface area contributed by atoms with E-state index in [9.17, 15) is 28.7 Å². The Labute approximate surface area is 216 Å². The normalized spacial score (nSPS) is 13.0. The molecule has 0 aliphatic carbocycles. The second-order valence-electron chi connectivity index (χ2n) is 10.6. The topological polar surface area (TPSA) is 115 Å². The lowest BCUT2D eigenvalue weighted by atomic mass is 10.0. The van der Waals surface area contributed by atoms with Crippen LogP contribution >= 0.6 is 15.2 Å². The summed E-state index contributed by atoms with van der Waals surface area (Å²) in [4.78, 5) is 37.8. The molecule has 6 nitrogen and oxygen atoms in total. The first kappa shape index (κ1) is 35.3. The molecule has 0 rings (SSSR count). The maximum atomic E-state index is 12.3. The molecule has 0 saturated heterocycles. The fourth-order valence-electron chi connectivity index (χ4n) is 5.02. The van der Waals surface area contributed by atoms with E-state index in [1.807, 2.05) is 0 Å². The van der Waals surface area contributed by atoms with E-state index in [1.54, 1.807) is 0 Å². The minimum atomic E-state index is -4.95. The summed E-state index contributed by atoms with van der Waals surface area (Å²) in [7, 11) is -9.90. The molecule has 0 spiro atoms. The first-order chi connectivity index (χ1) is 16.6. The van der Waals surface area contributed by atoms with Gasteiger partial charge in [0.2, 0.25) is 0 Å². The third-order valence-electron chi connectivity index (χ3n) is 7.45. The van der Waals surface area contributed by atoms with E-state index in [1.165, 1.54) is 77.0 Å². The average Bonchev–Trinajstić information content (AvgIpc) is 2.78. The lowest BCUT2D eigenvalue weighted by molar-refractivity contribution is 0.288. The minimum absolute atomic E-state index is 0.101. The van der Waals surface area contributed by atoms with Crippen LogP contribution in [-0.4, -0.2) is 24.5 Å². The Bertz CT molecular complexity index is 522. The van der Waals surface area contributed by atoms with Gasteiger partial charge >= 0.3 is 15.2 Å². The highest BCUT2D eigenvalue weighted by atomic mass is 31.2. The molecule has 0 aromatic heterocycles. The lowest BCUT2D eigenvalue weighted by Gasteiger charge is -2.35. The van der Waals surface area contributed by atoms with Crippen LogP contribution in [0.2, 0.25) is 0 Å². The SMILES string of the molecule is CCCCCCCCCCCCCC(CCCCCCCCCCCCC)(P(=O)(O)O)P(=O)(O)O. The number of unbranched alkanes of at least 4 members (excludes halogenated alkanes) is 20. The van der Waals surface area contributed by atoms with Crippen molar-refractivity contribution >= 4 is 15.2 Å². The van der Waals surface area contributed by atoms with Gasteiger partial charge in [-0.05, 0) is 12.8 Å². The van der Waals surface area contributed by atoms with Crippen molar-refractivity contribution in [3.05, 3.63) is 0 Å². The quantitative estimate of drug-likeness (QED) is 0.0641. The molecule has 0 unspecified atom stereocenters. The fourth-order valence-corrected chi connectivity index (χ4v) is 8.18. The van der Waals surface area contributed by atoms with Gasteiger partial charge in [0.15, 0.2) is 4.90 Å². The molecule has 0 amide bonds. The molecule has 0 saturated carbocycles. The van der Waals surface area contributed by atoms with Gasteiger partial charge in [0, 0.05) is 0 Å². The molecule has 0 heterocycles. The third-order valence-corrected chi connectivity index (χ3v) is 12.1. The van der Waals surface area contributed by atoms with Crippen LogP contribution in [0.5, 0.6) is 0 Å². The van der Waals surface area contributed by atoms with Crippen LogP contribution in [0, 0.1) is 0 Å². The van der Waals surface area contributed by atoms with Crippen molar-refractivity contribution < 1.29 is 28.7 Å². The minimum Gasteiger partial charge on any atom is -0.324 e. The highest BCUT2D eigenvalue weighted by molar-refractivity contribution is 7.72. The Morgan fingerprint density at radius 3 is 0.800 bits per heavy atom. The van der Waals surface area contributed by atoms with Crippen molar-refractivity contribution in [1.82, 2.24) is 0 Å². The summed E-state index contributed by atoms with van der Waals surface area (Å²) in [5.41, 5.74) is 0. The Morgan fingerprint density at radius 2 is 0.600 bits per heavy atom. The molecular formula is C27H58O6P2. The number of hydrogen-bond donors (Lipinski definition) is 4. The van der Waals surface area contributed by atoms with Crippen molar-refractivity contribution in [2.75, 3.05) is 0 Å². The van der Waals surface area contributed by atoms with Crippen molar-refractivity contribution in [2.24, 2.45) is 0 Å². The molecule has 0 radical (unpaired) electrons. The summed E-state index contributed by atoms with van der Waals surface area (Å²) in [5, 5.41) is 0. The molecule has 0 bridgehead atoms. The summed E-state index contributed by atoms with van der Waals surface area (Å²) in [6, 6.07) is 0. The van der Waals surface area contributed by atoms with E-state index in [-0.39, 0.29) is 12.8 Å². The maximum absolute atomic E-state index is 12.3. The molecule has 0 aliphatic heterocycles. The van der Waals surface area contributed by atoms with Gasteiger partial charge < -0.3 is 19.6 Å². The molecule has 35 heavy (non-hydrogen) atoms. The van der Waals surface area contributed by atoms with Crippen LogP contribution in [-0.2, 0) is 9.13 Å². The van der Waals surface area contributed by atoms with Crippen molar-refractivity contribution in [3.63, 3.8) is 0 Å². The Balaban J connectivity index is 4.31. The maximum Gasteiger partial charge on any atom is 0.343 e. The molecular weight excluding hydrogens is 482 g/mol. The monoisotopic (exact) mass is 540 g/mol. The summed E-state index contributed by atoms with van der Waals surface area (Å²) >= 11 is 0. The van der Waals surface area contributed by atoms with E-state index < -0.39 is 20.1 Å². The zero-order valence-corrected chi connectivity index (χ0v) is 24.8. The Kier molecular flexibility index (Phi) is 21.4. The lowest BCUT2D eigenvalue weighted by Crippen LogP contribution is -2.29. The summed E-state index contributed by atoms with van der Waals surface area (Å²) in [5.74, 6) is 0. The summed E-state index contributed by atoms with van der Waals surface area (Å²) in [6.45, 7) is 4.43. The predicted octanol–water partition coefficient (Wildman–Crippen LogP) is 9.44. The number of hydrogen-bond acceptors (Lipinski definition) is 2. The van der Waals surface area contributed by atoms with Crippen LogP contribution < -0.4 is 0 Å². The average molecular weight is 541 g/mol. The van der Waals surface area contributed by atoms with Gasteiger partial charge in [0.1, 0.15) is 0 Å². The molecule has 0 fully saturated rings. The first-order valence-electron chi connectivity index (χ1n) is 14.7. The van der Waals surface area contributed by atoms with Crippen molar-refractivity contribution in [2.45, 2.75) is 173 Å². The largest absolute Gasteiger partial charge is 0.343 e. The first-order valence-corrected chi connectivity index (χ1v) is 18.0. The van der Waals surface area contributed by atoms with E-state index in [2.05, 4.69) is 13.8 Å². The fraction of sp³-hybridized carbons (Fsp3) is 1.00. The van der Waals surface area contributed by atoms with E-state index in [0.717, 1.165) is 51.4 Å². The standard InChI is InChI=1S/C27H58O6P2/c1-3-5-7-9-11-13-15-17-19-21-23-25-27(34(28,29)30,35(31,32)33)26-24-22-20-18-16-14-12-10-8-6-4-2/h3-26H2,1-2H3,(H2,28,29,30)(H2,31,32,33). The Hall–Kier alpha value is 0.300. The number of rotatable bonds is 26. The van der Waals surface area contributed by atoms with Crippen LogP contribution in [0.15, 0.2) is 0 Å². The molecule has 0 atom stereocenters. The van der Waals surface area contributed by atoms with E-state index >= 15 is 0 Å². The second-order valence-corrected chi connectivity index (χ2v) is 14.9. The Morgan fingerprint density at radius 1 is 0.400 bits per heavy atom. The highest BCUT2D eigenvalue weighted by Crippen LogP contribution is 2.73.